The first-order chi connectivity index (χ1) is 12.8. The summed E-state index contributed by atoms with van der Waals surface area (Å²) in [7, 11) is 0. The van der Waals surface area contributed by atoms with Crippen LogP contribution in [-0.2, 0) is 17.8 Å². The lowest BCUT2D eigenvalue weighted by Gasteiger charge is -2.21. The number of nitrogens with zero attached hydrogens (tertiary/aromatic N) is 1. The van der Waals surface area contributed by atoms with E-state index >= 15 is 0 Å². The number of H-pyrrole nitrogens is 1. The van der Waals surface area contributed by atoms with E-state index in [0.717, 1.165) is 22.9 Å². The van der Waals surface area contributed by atoms with Gasteiger partial charge in [-0.05, 0) is 67.5 Å². The predicted octanol–water partition coefficient (Wildman–Crippen LogP) is 4.04. The number of amides is 1. The highest BCUT2D eigenvalue weighted by molar-refractivity contribution is 5.81. The molecule has 27 heavy (non-hydrogen) atoms. The molecule has 2 aromatic carbocycles. The molecule has 1 aromatic heterocycles. The number of carbonyl (C=O) groups is 1. The van der Waals surface area contributed by atoms with Crippen LogP contribution in [0.25, 0.3) is 10.9 Å². The second-order valence-electron chi connectivity index (χ2n) is 7.33. The molecule has 0 atom stereocenters. The molecule has 1 amide bonds. The van der Waals surface area contributed by atoms with Crippen molar-refractivity contribution < 1.29 is 4.79 Å². The van der Waals surface area contributed by atoms with Gasteiger partial charge < -0.3 is 9.88 Å². The molecule has 1 N–H and O–H groups in total. The van der Waals surface area contributed by atoms with Gasteiger partial charge in [0.15, 0.2) is 0 Å². The van der Waals surface area contributed by atoms with E-state index in [4.69, 9.17) is 0 Å². The largest absolute Gasteiger partial charge is 0.338 e. The van der Waals surface area contributed by atoms with E-state index < -0.39 is 0 Å². The molecule has 140 valence electrons. The summed E-state index contributed by atoms with van der Waals surface area (Å²) in [4.78, 5) is 29.3. The normalized spacial score (nSPS) is 11.0. The van der Waals surface area contributed by atoms with Crippen LogP contribution < -0.4 is 5.56 Å². The van der Waals surface area contributed by atoms with Crippen molar-refractivity contribution in [2.24, 2.45) is 0 Å². The fraction of sp³-hybridized carbons (Fsp3) is 0.304. The molecule has 1 heterocycles. The molecule has 0 aliphatic rings. The molecule has 0 saturated heterocycles. The first-order valence-corrected chi connectivity index (χ1v) is 9.27. The zero-order valence-corrected chi connectivity index (χ0v) is 16.4. The van der Waals surface area contributed by atoms with Crippen molar-refractivity contribution in [3.05, 3.63) is 80.6 Å². The molecule has 4 heteroatoms. The van der Waals surface area contributed by atoms with E-state index in [1.807, 2.05) is 25.1 Å². The van der Waals surface area contributed by atoms with Gasteiger partial charge in [0.1, 0.15) is 0 Å². The van der Waals surface area contributed by atoms with Crippen molar-refractivity contribution >= 4 is 16.8 Å². The zero-order chi connectivity index (χ0) is 19.6. The number of aromatic amines is 1. The van der Waals surface area contributed by atoms with Crippen LogP contribution in [0.15, 0.2) is 47.3 Å². The van der Waals surface area contributed by atoms with Gasteiger partial charge in [0, 0.05) is 24.5 Å². The third-order valence-corrected chi connectivity index (χ3v) is 5.09. The van der Waals surface area contributed by atoms with Crippen molar-refractivity contribution in [3.63, 3.8) is 0 Å². The molecule has 4 nitrogen and oxygen atoms in total. The lowest BCUT2D eigenvalue weighted by Crippen LogP contribution is -2.32. The van der Waals surface area contributed by atoms with E-state index in [1.165, 1.54) is 16.7 Å². The minimum Gasteiger partial charge on any atom is -0.338 e. The molecular weight excluding hydrogens is 336 g/mol. The number of carbonyl (C=O) groups excluding carboxylic acids is 1. The molecule has 0 aliphatic carbocycles. The van der Waals surface area contributed by atoms with Crippen LogP contribution in [-0.4, -0.2) is 22.3 Å². The third-order valence-electron chi connectivity index (χ3n) is 5.09. The fourth-order valence-corrected chi connectivity index (χ4v) is 3.32. The number of fused-ring (bicyclic) bond motifs is 1. The molecule has 0 aliphatic heterocycles. The van der Waals surface area contributed by atoms with Crippen LogP contribution in [0.1, 0.15) is 34.7 Å². The maximum absolute atomic E-state index is 12.5. The molecule has 0 fully saturated rings. The molecule has 0 spiro atoms. The number of aromatic nitrogens is 1. The minimum absolute atomic E-state index is 0.0257. The summed E-state index contributed by atoms with van der Waals surface area (Å²) in [6, 6.07) is 14.3. The highest BCUT2D eigenvalue weighted by Gasteiger charge is 2.13. The molecule has 3 aromatic rings. The van der Waals surface area contributed by atoms with E-state index in [-0.39, 0.29) is 11.5 Å². The number of nitrogens with one attached hydrogen (secondary N) is 1. The smallest absolute Gasteiger partial charge is 0.253 e. The highest BCUT2D eigenvalue weighted by Crippen LogP contribution is 2.18. The molecular formula is C23H26N2O2. The van der Waals surface area contributed by atoms with Crippen molar-refractivity contribution in [2.75, 3.05) is 6.54 Å². The Hall–Kier alpha value is -2.88. The van der Waals surface area contributed by atoms with Gasteiger partial charge in [-0.2, -0.15) is 0 Å². The van der Waals surface area contributed by atoms with Crippen LogP contribution in [0.2, 0.25) is 0 Å². The maximum atomic E-state index is 12.5. The lowest BCUT2D eigenvalue weighted by atomic mass is 10.0. The van der Waals surface area contributed by atoms with E-state index in [9.17, 15) is 9.59 Å². The monoisotopic (exact) mass is 362 g/mol. The Balaban J connectivity index is 1.83. The predicted molar refractivity (Wildman–Crippen MR) is 110 cm³/mol. The Morgan fingerprint density at radius 1 is 1.04 bits per heavy atom. The molecule has 0 unspecified atom stereocenters. The van der Waals surface area contributed by atoms with Crippen LogP contribution in [0, 0.1) is 20.8 Å². The number of aryl methyl sites for hydroxylation is 3. The number of pyridine rings is 1. The summed E-state index contributed by atoms with van der Waals surface area (Å²) >= 11 is 0. The third kappa shape index (κ3) is 4.45. The standard InChI is InChI=1S/C23H26N2O2/c1-15-6-5-7-19(10-15)8-9-25(18(4)26)14-21-13-20-11-16(2)17(3)12-22(20)24-23(21)27/h5-7,10-13H,8-9,14H2,1-4H3,(H,24,27). The van der Waals surface area contributed by atoms with Crippen LogP contribution in [0.3, 0.4) is 0 Å². The molecule has 0 saturated carbocycles. The SMILES string of the molecule is CC(=O)N(CCc1cccc(C)c1)Cc1cc2cc(C)c(C)cc2[nH]c1=O. The van der Waals surface area contributed by atoms with Gasteiger partial charge in [-0.15, -0.1) is 0 Å². The summed E-state index contributed by atoms with van der Waals surface area (Å²) in [5.41, 5.74) is 6.05. The average molecular weight is 362 g/mol. The van der Waals surface area contributed by atoms with Crippen molar-refractivity contribution in [2.45, 2.75) is 40.7 Å². The van der Waals surface area contributed by atoms with Gasteiger partial charge in [-0.25, -0.2) is 0 Å². The maximum Gasteiger partial charge on any atom is 0.253 e. The molecule has 0 bridgehead atoms. The fourth-order valence-electron chi connectivity index (χ4n) is 3.32. The first-order valence-electron chi connectivity index (χ1n) is 9.27. The minimum atomic E-state index is -0.132. The van der Waals surface area contributed by atoms with Gasteiger partial charge >= 0.3 is 0 Å². The summed E-state index contributed by atoms with van der Waals surface area (Å²) in [5.74, 6) is -0.0257. The first kappa shape index (κ1) is 18.9. The summed E-state index contributed by atoms with van der Waals surface area (Å²) < 4.78 is 0. The second kappa shape index (κ2) is 7.78. The van der Waals surface area contributed by atoms with Gasteiger partial charge in [0.25, 0.3) is 5.56 Å². The van der Waals surface area contributed by atoms with E-state index in [0.29, 0.717) is 18.7 Å². The van der Waals surface area contributed by atoms with Gasteiger partial charge in [-0.1, -0.05) is 29.8 Å². The van der Waals surface area contributed by atoms with Gasteiger partial charge in [0.2, 0.25) is 5.91 Å². The Kier molecular flexibility index (Phi) is 5.45. The second-order valence-corrected chi connectivity index (χ2v) is 7.33. The van der Waals surface area contributed by atoms with Gasteiger partial charge in [0.05, 0.1) is 6.54 Å². The zero-order valence-electron chi connectivity index (χ0n) is 16.4. The van der Waals surface area contributed by atoms with Crippen molar-refractivity contribution in [1.82, 2.24) is 9.88 Å². The number of benzene rings is 2. The average Bonchev–Trinajstić information content (AvgIpc) is 2.60. The topological polar surface area (TPSA) is 53.2 Å². The van der Waals surface area contributed by atoms with Crippen LogP contribution in [0.5, 0.6) is 0 Å². The Bertz CT molecular complexity index is 1050. The van der Waals surface area contributed by atoms with Crippen molar-refractivity contribution in [1.29, 1.82) is 0 Å². The summed E-state index contributed by atoms with van der Waals surface area (Å²) in [6.07, 6.45) is 0.769. The molecule has 3 rings (SSSR count). The number of rotatable bonds is 5. The molecule has 0 radical (unpaired) electrons. The lowest BCUT2D eigenvalue weighted by molar-refractivity contribution is -0.129. The number of hydrogen-bond acceptors (Lipinski definition) is 2. The Labute approximate surface area is 159 Å². The van der Waals surface area contributed by atoms with Crippen LogP contribution >= 0.6 is 0 Å². The van der Waals surface area contributed by atoms with Gasteiger partial charge in [-0.3, -0.25) is 9.59 Å². The summed E-state index contributed by atoms with van der Waals surface area (Å²) in [5, 5.41) is 0.995. The van der Waals surface area contributed by atoms with E-state index in [1.54, 1.807) is 11.8 Å². The quantitative estimate of drug-likeness (QED) is 0.745. The van der Waals surface area contributed by atoms with Crippen LogP contribution in [0.4, 0.5) is 0 Å². The van der Waals surface area contributed by atoms with E-state index in [2.05, 4.69) is 43.1 Å². The highest BCUT2D eigenvalue weighted by atomic mass is 16.2. The number of hydrogen-bond donors (Lipinski definition) is 1. The Morgan fingerprint density at radius 3 is 2.48 bits per heavy atom. The Morgan fingerprint density at radius 2 is 1.78 bits per heavy atom. The summed E-state index contributed by atoms with van der Waals surface area (Å²) in [6.45, 7) is 8.61. The van der Waals surface area contributed by atoms with Crippen molar-refractivity contribution in [3.8, 4) is 0 Å².